The minimum atomic E-state index is -0.272. The number of rotatable bonds is 14. The number of thioether (sulfide) groups is 1. The maximum atomic E-state index is 13.0. The van der Waals surface area contributed by atoms with Crippen LogP contribution >= 0.6 is 11.8 Å². The van der Waals surface area contributed by atoms with Crippen LogP contribution in [-0.4, -0.2) is 52.8 Å². The van der Waals surface area contributed by atoms with Gasteiger partial charge in [0, 0.05) is 31.2 Å². The van der Waals surface area contributed by atoms with Gasteiger partial charge in [0.25, 0.3) is 0 Å². The third-order valence-electron chi connectivity index (χ3n) is 6.11. The van der Waals surface area contributed by atoms with E-state index in [-0.39, 0.29) is 29.8 Å². The summed E-state index contributed by atoms with van der Waals surface area (Å²) in [6.45, 7) is 10.3. The largest absolute Gasteiger partial charge is 0.331 e. The van der Waals surface area contributed by atoms with Crippen LogP contribution in [0.3, 0.4) is 0 Å². The van der Waals surface area contributed by atoms with Crippen molar-refractivity contribution in [3.63, 3.8) is 0 Å². The lowest BCUT2D eigenvalue weighted by atomic mass is 10.0. The first-order valence-corrected chi connectivity index (χ1v) is 14.1. The van der Waals surface area contributed by atoms with Crippen LogP contribution in [0.2, 0.25) is 0 Å². The summed E-state index contributed by atoms with van der Waals surface area (Å²) in [4.78, 5) is 27.5. The van der Waals surface area contributed by atoms with E-state index in [9.17, 15) is 9.59 Å². The van der Waals surface area contributed by atoms with Gasteiger partial charge in [0.05, 0.1) is 18.2 Å². The average molecular weight is 488 g/mol. The Labute approximate surface area is 212 Å². The van der Waals surface area contributed by atoms with E-state index < -0.39 is 0 Å². The maximum Gasteiger partial charge on any atom is 0.240 e. The average Bonchev–Trinajstić information content (AvgIpc) is 3.35. The molecule has 1 saturated heterocycles. The van der Waals surface area contributed by atoms with Crippen molar-refractivity contribution in [1.82, 2.24) is 10.2 Å². The second kappa shape index (κ2) is 18.5. The van der Waals surface area contributed by atoms with E-state index in [0.717, 1.165) is 62.9 Å². The van der Waals surface area contributed by atoms with Crippen molar-refractivity contribution in [2.75, 3.05) is 18.1 Å². The van der Waals surface area contributed by atoms with Gasteiger partial charge in [0.1, 0.15) is 0 Å². The molecule has 34 heavy (non-hydrogen) atoms. The van der Waals surface area contributed by atoms with E-state index in [4.69, 9.17) is 5.26 Å². The Morgan fingerprint density at radius 3 is 2.76 bits per heavy atom. The highest BCUT2D eigenvalue weighted by Gasteiger charge is 2.35. The fraction of sp³-hybridized carbons (Fsp3) is 0.679. The third kappa shape index (κ3) is 12.0. The van der Waals surface area contributed by atoms with Gasteiger partial charge < -0.3 is 10.2 Å². The van der Waals surface area contributed by atoms with Crippen LogP contribution in [0.4, 0.5) is 0 Å². The Morgan fingerprint density at radius 2 is 2.12 bits per heavy atom. The van der Waals surface area contributed by atoms with Crippen LogP contribution in [0, 0.1) is 11.3 Å². The molecule has 3 atom stereocenters. The van der Waals surface area contributed by atoms with Crippen molar-refractivity contribution in [2.45, 2.75) is 103 Å². The molecule has 0 saturated carbocycles. The number of hydrogen-bond acceptors (Lipinski definition) is 5. The van der Waals surface area contributed by atoms with Crippen LogP contribution in [-0.2, 0) is 9.59 Å². The maximum absolute atomic E-state index is 13.0. The molecule has 3 unspecified atom stereocenters. The number of Topliss-reactive ketones (excluding diaryl/α,β-unsaturated/α-hetero) is 1. The number of nitriles is 1. The Kier molecular flexibility index (Phi) is 16.4. The SMILES string of the molecule is C=CCC.CC(CCC1=CCCC=C1)NC(C)C(=O)N1CCCC1C(=O)CCCSCCC#N. The van der Waals surface area contributed by atoms with Crippen molar-refractivity contribution in [3.8, 4) is 6.07 Å². The summed E-state index contributed by atoms with van der Waals surface area (Å²) in [5, 5.41) is 12.0. The molecule has 0 spiro atoms. The lowest BCUT2D eigenvalue weighted by Gasteiger charge is -2.28. The minimum absolute atomic E-state index is 0.0536. The number of carbonyl (C=O) groups is 2. The molecule has 0 aromatic heterocycles. The van der Waals surface area contributed by atoms with Crippen molar-refractivity contribution < 1.29 is 9.59 Å². The lowest BCUT2D eigenvalue weighted by Crippen LogP contribution is -2.50. The molecule has 1 amide bonds. The summed E-state index contributed by atoms with van der Waals surface area (Å²) in [6, 6.07) is 1.86. The monoisotopic (exact) mass is 487 g/mol. The van der Waals surface area contributed by atoms with Crippen LogP contribution in [0.25, 0.3) is 0 Å². The van der Waals surface area contributed by atoms with Gasteiger partial charge in [-0.25, -0.2) is 0 Å². The van der Waals surface area contributed by atoms with Gasteiger partial charge in [0.15, 0.2) is 5.78 Å². The molecule has 1 aliphatic heterocycles. The van der Waals surface area contributed by atoms with E-state index in [2.05, 4.69) is 50.0 Å². The first-order chi connectivity index (χ1) is 16.4. The molecule has 1 heterocycles. The summed E-state index contributed by atoms with van der Waals surface area (Å²) >= 11 is 1.72. The second-order valence-corrected chi connectivity index (χ2v) is 10.3. The van der Waals surface area contributed by atoms with Gasteiger partial charge >= 0.3 is 0 Å². The number of ketones is 1. The molecule has 2 aliphatic rings. The van der Waals surface area contributed by atoms with Crippen LogP contribution in [0.1, 0.15) is 85.0 Å². The van der Waals surface area contributed by atoms with E-state index in [1.807, 2.05) is 17.9 Å². The van der Waals surface area contributed by atoms with Gasteiger partial charge in [-0.1, -0.05) is 36.8 Å². The predicted octanol–water partition coefficient (Wildman–Crippen LogP) is 5.98. The zero-order valence-corrected chi connectivity index (χ0v) is 22.4. The summed E-state index contributed by atoms with van der Waals surface area (Å²) in [7, 11) is 0. The first kappa shape index (κ1) is 30.2. The molecule has 190 valence electrons. The first-order valence-electron chi connectivity index (χ1n) is 12.9. The highest BCUT2D eigenvalue weighted by atomic mass is 32.2. The summed E-state index contributed by atoms with van der Waals surface area (Å²) in [5.74, 6) is 1.97. The van der Waals surface area contributed by atoms with Gasteiger partial charge in [-0.05, 0) is 71.0 Å². The van der Waals surface area contributed by atoms with Gasteiger partial charge in [-0.15, -0.1) is 6.58 Å². The Morgan fingerprint density at radius 1 is 1.35 bits per heavy atom. The van der Waals surface area contributed by atoms with Crippen molar-refractivity contribution in [1.29, 1.82) is 5.26 Å². The predicted molar refractivity (Wildman–Crippen MR) is 145 cm³/mol. The normalized spacial score (nSPS) is 18.8. The molecule has 6 heteroatoms. The number of likely N-dealkylation sites (tertiary alicyclic amines) is 1. The van der Waals surface area contributed by atoms with Crippen LogP contribution < -0.4 is 5.32 Å². The number of allylic oxidation sites excluding steroid dienone is 5. The minimum Gasteiger partial charge on any atom is -0.331 e. The van der Waals surface area contributed by atoms with Crippen molar-refractivity contribution in [2.24, 2.45) is 0 Å². The standard InChI is InChI=1S/C24H37N3O2S.C4H8/c1-19(13-14-21-9-4-3-5-10-21)26-20(2)24(29)27-16-6-11-22(27)23(28)12-7-17-30-18-8-15-25;1-3-4-2/h4,9-10,19-20,22,26H,3,5-8,11-14,16-18H2,1-2H3;3H,1,4H2,2H3. The zero-order chi connectivity index (χ0) is 25.2. The number of hydrogen-bond donors (Lipinski definition) is 1. The van der Waals surface area contributed by atoms with Crippen molar-refractivity contribution in [3.05, 3.63) is 36.5 Å². The topological polar surface area (TPSA) is 73.2 Å². The number of carbonyl (C=O) groups excluding carboxylic acids is 2. The van der Waals surface area contributed by atoms with E-state index in [0.29, 0.717) is 19.4 Å². The molecule has 0 aromatic rings. The highest BCUT2D eigenvalue weighted by molar-refractivity contribution is 7.99. The number of nitrogens with one attached hydrogen (secondary N) is 1. The summed E-state index contributed by atoms with van der Waals surface area (Å²) < 4.78 is 0. The van der Waals surface area contributed by atoms with Gasteiger partial charge in [-0.2, -0.15) is 17.0 Å². The van der Waals surface area contributed by atoms with Crippen LogP contribution in [0.5, 0.6) is 0 Å². The highest BCUT2D eigenvalue weighted by Crippen LogP contribution is 2.22. The van der Waals surface area contributed by atoms with Crippen LogP contribution in [0.15, 0.2) is 36.5 Å². The lowest BCUT2D eigenvalue weighted by molar-refractivity contribution is -0.139. The van der Waals surface area contributed by atoms with E-state index in [1.54, 1.807) is 11.8 Å². The molecule has 0 bridgehead atoms. The Bertz CT molecular complexity index is 726. The number of amides is 1. The quantitative estimate of drug-likeness (QED) is 0.241. The molecular formula is C28H45N3O2S. The third-order valence-corrected chi connectivity index (χ3v) is 7.18. The van der Waals surface area contributed by atoms with Crippen molar-refractivity contribution >= 4 is 23.5 Å². The zero-order valence-electron chi connectivity index (χ0n) is 21.6. The second-order valence-electron chi connectivity index (χ2n) is 9.06. The van der Waals surface area contributed by atoms with Gasteiger partial charge in [0.2, 0.25) is 5.91 Å². The summed E-state index contributed by atoms with van der Waals surface area (Å²) in [6.07, 6.45) is 17.6. The Balaban J connectivity index is 0.00000133. The summed E-state index contributed by atoms with van der Waals surface area (Å²) in [5.41, 5.74) is 1.39. The molecule has 1 fully saturated rings. The Hall–Kier alpha value is -1.84. The number of nitrogens with zero attached hydrogens (tertiary/aromatic N) is 2. The van der Waals surface area contributed by atoms with E-state index in [1.165, 1.54) is 5.57 Å². The molecule has 0 aromatic carbocycles. The smallest absolute Gasteiger partial charge is 0.240 e. The fourth-order valence-electron chi connectivity index (χ4n) is 4.17. The molecule has 1 aliphatic carbocycles. The molecule has 1 N–H and O–H groups in total. The molecule has 5 nitrogen and oxygen atoms in total. The van der Waals surface area contributed by atoms with Gasteiger partial charge in [-0.3, -0.25) is 9.59 Å². The fourth-order valence-corrected chi connectivity index (χ4v) is 4.95. The molecular weight excluding hydrogens is 442 g/mol. The molecule has 0 radical (unpaired) electrons. The van der Waals surface area contributed by atoms with E-state index >= 15 is 0 Å². The molecule has 2 rings (SSSR count).